The number of rotatable bonds is 7. The van der Waals surface area contributed by atoms with Crippen LogP contribution in [0.4, 0.5) is 0 Å². The Morgan fingerprint density at radius 2 is 1.56 bits per heavy atom. The van der Waals surface area contributed by atoms with E-state index in [0.717, 1.165) is 13.1 Å². The maximum absolute atomic E-state index is 5.50. The summed E-state index contributed by atoms with van der Waals surface area (Å²) in [5.74, 6) is 0. The van der Waals surface area contributed by atoms with Crippen LogP contribution in [0.5, 0.6) is 0 Å². The van der Waals surface area contributed by atoms with Gasteiger partial charge in [-0.2, -0.15) is 0 Å². The number of hydrogen-bond acceptors (Lipinski definition) is 3. The van der Waals surface area contributed by atoms with Gasteiger partial charge < -0.3 is 16.4 Å². The van der Waals surface area contributed by atoms with Crippen LogP contribution in [0.25, 0.3) is 0 Å². The molecule has 0 unspecified atom stereocenters. The lowest BCUT2D eigenvalue weighted by Gasteiger charge is -2.46. The zero-order chi connectivity index (χ0) is 13.6. The summed E-state index contributed by atoms with van der Waals surface area (Å²) in [5.41, 5.74) is 6.00. The molecule has 0 aliphatic carbocycles. The summed E-state index contributed by atoms with van der Waals surface area (Å²) >= 11 is 0. The standard InChI is InChI=1S/C15H33N3/c1-14(2)11-13(12-15(3,4)18-14)17-10-8-6-5-7-9-16/h13,17-18H,5-12,16H2,1-4H3. The predicted molar refractivity (Wildman–Crippen MR) is 79.8 cm³/mol. The van der Waals surface area contributed by atoms with Gasteiger partial charge in [0, 0.05) is 17.1 Å². The zero-order valence-electron chi connectivity index (χ0n) is 12.8. The van der Waals surface area contributed by atoms with Gasteiger partial charge >= 0.3 is 0 Å². The molecule has 3 heteroatoms. The second kappa shape index (κ2) is 6.88. The van der Waals surface area contributed by atoms with Gasteiger partial charge in [-0.05, 0) is 66.5 Å². The molecule has 0 radical (unpaired) electrons. The average molecular weight is 255 g/mol. The molecule has 0 spiro atoms. The fourth-order valence-corrected chi connectivity index (χ4v) is 3.40. The monoisotopic (exact) mass is 255 g/mol. The van der Waals surface area contributed by atoms with Crippen LogP contribution in [0.2, 0.25) is 0 Å². The van der Waals surface area contributed by atoms with Crippen LogP contribution < -0.4 is 16.4 Å². The van der Waals surface area contributed by atoms with E-state index in [4.69, 9.17) is 5.73 Å². The lowest BCUT2D eigenvalue weighted by Crippen LogP contribution is -2.61. The summed E-state index contributed by atoms with van der Waals surface area (Å²) in [4.78, 5) is 0. The Morgan fingerprint density at radius 3 is 2.11 bits per heavy atom. The van der Waals surface area contributed by atoms with E-state index in [1.54, 1.807) is 0 Å². The van der Waals surface area contributed by atoms with Gasteiger partial charge in [0.1, 0.15) is 0 Å². The summed E-state index contributed by atoms with van der Waals surface area (Å²) in [7, 11) is 0. The Morgan fingerprint density at radius 1 is 1.00 bits per heavy atom. The Balaban J connectivity index is 2.21. The van der Waals surface area contributed by atoms with Crippen LogP contribution in [0.3, 0.4) is 0 Å². The van der Waals surface area contributed by atoms with E-state index in [1.807, 2.05) is 0 Å². The number of unbranched alkanes of at least 4 members (excludes halogenated alkanes) is 3. The number of piperidine rings is 1. The van der Waals surface area contributed by atoms with Crippen molar-refractivity contribution in [2.45, 2.75) is 83.3 Å². The highest BCUT2D eigenvalue weighted by Crippen LogP contribution is 2.28. The molecular formula is C15H33N3. The van der Waals surface area contributed by atoms with E-state index in [9.17, 15) is 0 Å². The number of nitrogens with two attached hydrogens (primary N) is 1. The zero-order valence-corrected chi connectivity index (χ0v) is 12.8. The fourth-order valence-electron chi connectivity index (χ4n) is 3.40. The first-order valence-electron chi connectivity index (χ1n) is 7.57. The maximum atomic E-state index is 5.50. The summed E-state index contributed by atoms with van der Waals surface area (Å²) in [6.07, 6.45) is 7.49. The molecule has 4 N–H and O–H groups in total. The highest BCUT2D eigenvalue weighted by atomic mass is 15.1. The molecule has 1 fully saturated rings. The molecular weight excluding hydrogens is 222 g/mol. The molecule has 108 valence electrons. The normalized spacial score (nSPS) is 23.2. The minimum atomic E-state index is 0.249. The molecule has 18 heavy (non-hydrogen) atoms. The molecule has 0 aromatic rings. The Kier molecular flexibility index (Phi) is 6.09. The largest absolute Gasteiger partial charge is 0.330 e. The molecule has 1 heterocycles. The van der Waals surface area contributed by atoms with Crippen LogP contribution in [0.15, 0.2) is 0 Å². The molecule has 0 aromatic heterocycles. The fraction of sp³-hybridized carbons (Fsp3) is 1.00. The molecule has 0 saturated carbocycles. The van der Waals surface area contributed by atoms with Crippen LogP contribution in [0, 0.1) is 0 Å². The van der Waals surface area contributed by atoms with Gasteiger partial charge in [0.2, 0.25) is 0 Å². The van der Waals surface area contributed by atoms with Crippen molar-refractivity contribution in [3.8, 4) is 0 Å². The highest BCUT2D eigenvalue weighted by Gasteiger charge is 2.37. The second-order valence-corrected chi connectivity index (χ2v) is 7.15. The second-order valence-electron chi connectivity index (χ2n) is 7.15. The first-order chi connectivity index (χ1) is 8.35. The van der Waals surface area contributed by atoms with Gasteiger partial charge in [-0.15, -0.1) is 0 Å². The topological polar surface area (TPSA) is 50.1 Å². The Bertz CT molecular complexity index is 220. The average Bonchev–Trinajstić information content (AvgIpc) is 2.18. The van der Waals surface area contributed by atoms with Crippen LogP contribution in [-0.2, 0) is 0 Å². The van der Waals surface area contributed by atoms with Gasteiger partial charge in [0.15, 0.2) is 0 Å². The van der Waals surface area contributed by atoms with Crippen molar-refractivity contribution < 1.29 is 0 Å². The Labute approximate surface area is 113 Å². The van der Waals surface area contributed by atoms with Crippen molar-refractivity contribution in [1.29, 1.82) is 0 Å². The maximum Gasteiger partial charge on any atom is 0.0144 e. The molecule has 1 rings (SSSR count). The van der Waals surface area contributed by atoms with Crippen LogP contribution in [0.1, 0.15) is 66.2 Å². The molecule has 1 saturated heterocycles. The third kappa shape index (κ3) is 6.17. The molecule has 0 bridgehead atoms. The minimum Gasteiger partial charge on any atom is -0.330 e. The van der Waals surface area contributed by atoms with Gasteiger partial charge in [-0.1, -0.05) is 12.8 Å². The van der Waals surface area contributed by atoms with E-state index in [1.165, 1.54) is 38.5 Å². The molecule has 1 aliphatic rings. The predicted octanol–water partition coefficient (Wildman–Crippen LogP) is 2.40. The first-order valence-corrected chi connectivity index (χ1v) is 7.57. The highest BCUT2D eigenvalue weighted by molar-refractivity contribution is 4.99. The quantitative estimate of drug-likeness (QED) is 0.612. The Hall–Kier alpha value is -0.120. The summed E-state index contributed by atoms with van der Waals surface area (Å²) in [6, 6.07) is 0.658. The molecule has 0 aromatic carbocycles. The van der Waals surface area contributed by atoms with Gasteiger partial charge in [0.05, 0.1) is 0 Å². The third-order valence-corrected chi connectivity index (χ3v) is 3.75. The number of nitrogens with one attached hydrogen (secondary N) is 2. The van der Waals surface area contributed by atoms with E-state index in [-0.39, 0.29) is 11.1 Å². The third-order valence-electron chi connectivity index (χ3n) is 3.75. The van der Waals surface area contributed by atoms with Crippen molar-refractivity contribution in [3.63, 3.8) is 0 Å². The van der Waals surface area contributed by atoms with E-state index < -0.39 is 0 Å². The van der Waals surface area contributed by atoms with E-state index >= 15 is 0 Å². The molecule has 0 amide bonds. The smallest absolute Gasteiger partial charge is 0.0144 e. The van der Waals surface area contributed by atoms with Crippen molar-refractivity contribution in [2.75, 3.05) is 13.1 Å². The molecule has 1 aliphatic heterocycles. The van der Waals surface area contributed by atoms with Crippen molar-refractivity contribution >= 4 is 0 Å². The first kappa shape index (κ1) is 15.9. The SMILES string of the molecule is CC1(C)CC(NCCCCCCN)CC(C)(C)N1. The van der Waals surface area contributed by atoms with Gasteiger partial charge in [-0.3, -0.25) is 0 Å². The van der Waals surface area contributed by atoms with Crippen molar-refractivity contribution in [3.05, 3.63) is 0 Å². The lowest BCUT2D eigenvalue weighted by molar-refractivity contribution is 0.146. The minimum absolute atomic E-state index is 0.249. The van der Waals surface area contributed by atoms with Crippen molar-refractivity contribution in [1.82, 2.24) is 10.6 Å². The molecule has 0 atom stereocenters. The van der Waals surface area contributed by atoms with Crippen LogP contribution in [-0.4, -0.2) is 30.2 Å². The van der Waals surface area contributed by atoms with Crippen molar-refractivity contribution in [2.24, 2.45) is 5.73 Å². The summed E-state index contributed by atoms with van der Waals surface area (Å²) < 4.78 is 0. The summed E-state index contributed by atoms with van der Waals surface area (Å²) in [6.45, 7) is 11.2. The summed E-state index contributed by atoms with van der Waals surface area (Å²) in [5, 5.41) is 7.46. The van der Waals surface area contributed by atoms with Crippen LogP contribution >= 0.6 is 0 Å². The lowest BCUT2D eigenvalue weighted by atomic mass is 9.79. The van der Waals surface area contributed by atoms with E-state index in [2.05, 4.69) is 38.3 Å². The number of hydrogen-bond donors (Lipinski definition) is 3. The van der Waals surface area contributed by atoms with Gasteiger partial charge in [0.25, 0.3) is 0 Å². The van der Waals surface area contributed by atoms with Gasteiger partial charge in [-0.25, -0.2) is 0 Å². The molecule has 3 nitrogen and oxygen atoms in total. The van der Waals surface area contributed by atoms with E-state index in [0.29, 0.717) is 6.04 Å².